The molecule has 0 saturated carbocycles. The van der Waals surface area contributed by atoms with Gasteiger partial charge in [0.25, 0.3) is 0 Å². The molecule has 0 fully saturated rings. The minimum atomic E-state index is -0.305. The average Bonchev–Trinajstić information content (AvgIpc) is 3.54. The zero-order chi connectivity index (χ0) is 31.2. The van der Waals surface area contributed by atoms with Crippen LogP contribution in [0.15, 0.2) is 178 Å². The van der Waals surface area contributed by atoms with Gasteiger partial charge in [0.2, 0.25) is 0 Å². The molecule has 1 atom stereocenters. The zero-order valence-electron chi connectivity index (χ0n) is 25.5. The van der Waals surface area contributed by atoms with Crippen molar-refractivity contribution in [3.05, 3.63) is 180 Å². The number of hydrogen-bond donors (Lipinski definition) is 1. The summed E-state index contributed by atoms with van der Waals surface area (Å²) in [5.41, 5.74) is 9.29. The van der Waals surface area contributed by atoms with Crippen molar-refractivity contribution in [2.45, 2.75) is 6.17 Å². The van der Waals surface area contributed by atoms with E-state index >= 15 is 0 Å². The Hall–Kier alpha value is -6.26. The summed E-state index contributed by atoms with van der Waals surface area (Å²) < 4.78 is 6.44. The second kappa shape index (κ2) is 11.3. The molecule has 1 N–H and O–H groups in total. The van der Waals surface area contributed by atoms with Crippen LogP contribution in [0, 0.1) is 0 Å². The fraction of sp³-hybridized carbons (Fsp3) is 0.0233. The summed E-state index contributed by atoms with van der Waals surface area (Å²) >= 11 is 0. The topological polar surface area (TPSA) is 49.9 Å². The van der Waals surface area contributed by atoms with Crippen molar-refractivity contribution in [1.82, 2.24) is 5.32 Å². The molecule has 7 aromatic carbocycles. The Balaban J connectivity index is 1.18. The van der Waals surface area contributed by atoms with E-state index in [-0.39, 0.29) is 6.17 Å². The molecule has 0 amide bonds. The molecule has 0 saturated heterocycles. The second-order valence-corrected chi connectivity index (χ2v) is 11.8. The molecular weight excluding hydrogens is 574 g/mol. The summed E-state index contributed by atoms with van der Waals surface area (Å²) in [6, 6.07) is 56.9. The van der Waals surface area contributed by atoms with Crippen molar-refractivity contribution in [3.8, 4) is 22.3 Å². The van der Waals surface area contributed by atoms with E-state index in [2.05, 4.69) is 127 Å². The van der Waals surface area contributed by atoms with Gasteiger partial charge in [0.05, 0.1) is 0 Å². The summed E-state index contributed by atoms with van der Waals surface area (Å²) in [6.45, 7) is 0. The summed E-state index contributed by atoms with van der Waals surface area (Å²) in [5, 5.41) is 8.25. The first-order valence-electron chi connectivity index (χ1n) is 15.9. The molecule has 4 nitrogen and oxygen atoms in total. The summed E-state index contributed by atoms with van der Waals surface area (Å²) in [6.07, 6.45) is -0.305. The Bertz CT molecular complexity index is 2480. The third-order valence-corrected chi connectivity index (χ3v) is 8.95. The van der Waals surface area contributed by atoms with Crippen molar-refractivity contribution >= 4 is 44.4 Å². The Morgan fingerprint density at radius 1 is 0.468 bits per heavy atom. The number of aliphatic imine (C=N–C) groups is 2. The maximum atomic E-state index is 6.44. The van der Waals surface area contributed by atoms with Crippen LogP contribution in [0.5, 0.6) is 0 Å². The molecule has 1 aliphatic rings. The molecule has 2 heterocycles. The van der Waals surface area contributed by atoms with E-state index < -0.39 is 0 Å². The van der Waals surface area contributed by atoms with E-state index in [1.165, 1.54) is 16.3 Å². The third-order valence-electron chi connectivity index (χ3n) is 8.95. The number of furan rings is 1. The smallest absolute Gasteiger partial charge is 0.159 e. The van der Waals surface area contributed by atoms with Gasteiger partial charge >= 0.3 is 0 Å². The van der Waals surface area contributed by atoms with Gasteiger partial charge in [0, 0.05) is 21.9 Å². The third kappa shape index (κ3) is 4.88. The Kier molecular flexibility index (Phi) is 6.50. The Morgan fingerprint density at radius 3 is 1.85 bits per heavy atom. The molecule has 1 aromatic heterocycles. The van der Waals surface area contributed by atoms with Crippen molar-refractivity contribution in [2.75, 3.05) is 0 Å². The van der Waals surface area contributed by atoms with Gasteiger partial charge in [0.1, 0.15) is 23.2 Å². The van der Waals surface area contributed by atoms with Crippen LogP contribution >= 0.6 is 0 Å². The highest BCUT2D eigenvalue weighted by Crippen LogP contribution is 2.39. The van der Waals surface area contributed by atoms with Crippen LogP contribution in [0.25, 0.3) is 55.0 Å². The lowest BCUT2D eigenvalue weighted by Gasteiger charge is -2.24. The van der Waals surface area contributed by atoms with Gasteiger partial charge in [-0.2, -0.15) is 0 Å². The molecule has 4 heteroatoms. The minimum absolute atomic E-state index is 0.305. The van der Waals surface area contributed by atoms with Gasteiger partial charge in [-0.1, -0.05) is 146 Å². The van der Waals surface area contributed by atoms with Crippen LogP contribution < -0.4 is 5.32 Å². The molecule has 47 heavy (non-hydrogen) atoms. The van der Waals surface area contributed by atoms with Crippen LogP contribution in [0.4, 0.5) is 0 Å². The first-order chi connectivity index (χ1) is 23.3. The summed E-state index contributed by atoms with van der Waals surface area (Å²) in [7, 11) is 0. The van der Waals surface area contributed by atoms with Gasteiger partial charge in [-0.3, -0.25) is 0 Å². The van der Waals surface area contributed by atoms with Crippen molar-refractivity contribution < 1.29 is 4.42 Å². The Labute approximate surface area is 272 Å². The molecule has 1 aliphatic heterocycles. The highest BCUT2D eigenvalue weighted by Gasteiger charge is 2.24. The van der Waals surface area contributed by atoms with E-state index in [0.717, 1.165) is 61.2 Å². The first kappa shape index (κ1) is 27.1. The van der Waals surface area contributed by atoms with E-state index in [0.29, 0.717) is 5.84 Å². The Morgan fingerprint density at radius 2 is 1.09 bits per heavy atom. The van der Waals surface area contributed by atoms with E-state index in [9.17, 15) is 0 Å². The lowest BCUT2D eigenvalue weighted by molar-refractivity contribution is 0.668. The van der Waals surface area contributed by atoms with Crippen LogP contribution in [0.1, 0.15) is 22.9 Å². The predicted molar refractivity (Wildman–Crippen MR) is 194 cm³/mol. The highest BCUT2D eigenvalue weighted by molar-refractivity contribution is 6.24. The van der Waals surface area contributed by atoms with Crippen molar-refractivity contribution in [3.63, 3.8) is 0 Å². The molecule has 0 radical (unpaired) electrons. The van der Waals surface area contributed by atoms with Gasteiger partial charge in [-0.15, -0.1) is 0 Å². The molecule has 0 aliphatic carbocycles. The molecular formula is C43H29N3O. The van der Waals surface area contributed by atoms with E-state index in [1.807, 2.05) is 42.5 Å². The van der Waals surface area contributed by atoms with Crippen LogP contribution in [0.2, 0.25) is 0 Å². The van der Waals surface area contributed by atoms with E-state index in [1.54, 1.807) is 0 Å². The van der Waals surface area contributed by atoms with Gasteiger partial charge in [-0.05, 0) is 56.8 Å². The zero-order valence-corrected chi connectivity index (χ0v) is 25.5. The number of benzene rings is 7. The normalized spacial score (nSPS) is 14.6. The predicted octanol–water partition coefficient (Wildman–Crippen LogP) is 10.6. The highest BCUT2D eigenvalue weighted by atomic mass is 16.3. The van der Waals surface area contributed by atoms with Crippen molar-refractivity contribution in [2.24, 2.45) is 9.98 Å². The summed E-state index contributed by atoms with van der Waals surface area (Å²) in [5.74, 6) is 1.45. The van der Waals surface area contributed by atoms with Crippen LogP contribution in [-0.4, -0.2) is 11.7 Å². The number of nitrogens with zero attached hydrogens (tertiary/aromatic N) is 2. The quantitative estimate of drug-likeness (QED) is 0.213. The lowest BCUT2D eigenvalue weighted by Crippen LogP contribution is -2.33. The molecule has 222 valence electrons. The number of hydrogen-bond acceptors (Lipinski definition) is 4. The monoisotopic (exact) mass is 603 g/mol. The molecule has 0 bridgehead atoms. The number of fused-ring (bicyclic) bond motifs is 4. The molecule has 0 spiro atoms. The molecule has 9 rings (SSSR count). The van der Waals surface area contributed by atoms with Gasteiger partial charge in [0.15, 0.2) is 5.84 Å². The average molecular weight is 604 g/mol. The van der Waals surface area contributed by atoms with Crippen molar-refractivity contribution in [1.29, 1.82) is 0 Å². The van der Waals surface area contributed by atoms with Gasteiger partial charge in [-0.25, -0.2) is 9.98 Å². The van der Waals surface area contributed by atoms with Gasteiger partial charge < -0.3 is 9.73 Å². The number of nitrogens with one attached hydrogen (secondary N) is 1. The minimum Gasteiger partial charge on any atom is -0.456 e. The fourth-order valence-electron chi connectivity index (χ4n) is 6.62. The van der Waals surface area contributed by atoms with Crippen LogP contribution in [-0.2, 0) is 0 Å². The molecule has 8 aromatic rings. The largest absolute Gasteiger partial charge is 0.456 e. The van der Waals surface area contributed by atoms with E-state index in [4.69, 9.17) is 14.4 Å². The number of rotatable bonds is 5. The number of amidine groups is 2. The lowest BCUT2D eigenvalue weighted by atomic mass is 9.96. The first-order valence-corrected chi connectivity index (χ1v) is 15.9. The maximum Gasteiger partial charge on any atom is 0.159 e. The second-order valence-electron chi connectivity index (χ2n) is 11.8. The fourth-order valence-corrected chi connectivity index (χ4v) is 6.62. The molecule has 1 unspecified atom stereocenters. The maximum absolute atomic E-state index is 6.44. The SMILES string of the molecule is c1ccc(-c2cccc3oc4cccc(C5=NC(c6ccc(-c7ccc8ccccc8c7)cc6)=NC(c6ccccc6)N5)c4c23)cc1. The standard InChI is InChI=1S/C43H29N3O/c1-3-12-30(13-4-1)35-17-9-19-37-39(35)40-36(18-10-20-38(40)47-37)43-45-41(31-14-5-2-6-15-31)44-42(46-43)32-24-21-29(22-25-32)34-26-23-28-11-7-8-16-33(28)27-34/h1-27,41H,(H,44,45,46). The van der Waals surface area contributed by atoms with Crippen LogP contribution in [0.3, 0.4) is 0 Å². The summed E-state index contributed by atoms with van der Waals surface area (Å²) in [4.78, 5) is 10.3.